The Morgan fingerprint density at radius 2 is 0.922 bits per heavy atom. The molecule has 0 atom stereocenters. The number of hydrogen-bond acceptors (Lipinski definition) is 10. The zero-order valence-electron chi connectivity index (χ0n) is 29.1. The van der Waals surface area contributed by atoms with E-state index >= 15 is 0 Å². The molecule has 51 heavy (non-hydrogen) atoms. The second kappa shape index (κ2) is 16.9. The standard InChI is InChI=1S/C17H25N3O5S2.C16H21ClO5S2/c1-11-9-15(27(24,25)12-7-5-3-4-6-8-12)14(26(2,22)23)10-13(11)16(21)20-17(18)19;1-11-9-15(14(23(2,19)20)10-13(11)16(17)18)24(21,22)12-7-5-3-4-6-8-12/h9-10,12H,3-8H2,1-2H3,(H4,18,19,20,21);9-10,12H,3-8H2,1-2H3. The minimum atomic E-state index is -3.91. The van der Waals surface area contributed by atoms with Gasteiger partial charge in [0.15, 0.2) is 45.3 Å². The van der Waals surface area contributed by atoms with E-state index < -0.39 is 71.9 Å². The van der Waals surface area contributed by atoms with Crippen LogP contribution < -0.4 is 11.5 Å². The zero-order valence-corrected chi connectivity index (χ0v) is 33.2. The summed E-state index contributed by atoms with van der Waals surface area (Å²) in [4.78, 5) is 25.9. The summed E-state index contributed by atoms with van der Waals surface area (Å²) < 4.78 is 101. The van der Waals surface area contributed by atoms with Crippen molar-refractivity contribution in [3.05, 3.63) is 46.5 Å². The number of nitrogens with two attached hydrogens (primary N) is 2. The lowest BCUT2D eigenvalue weighted by Gasteiger charge is -2.19. The summed E-state index contributed by atoms with van der Waals surface area (Å²) in [7, 11) is -15.4. The van der Waals surface area contributed by atoms with Crippen LogP contribution in [0.5, 0.6) is 0 Å². The van der Waals surface area contributed by atoms with Gasteiger partial charge in [0, 0.05) is 23.6 Å². The van der Waals surface area contributed by atoms with Gasteiger partial charge in [0.2, 0.25) is 0 Å². The maximum absolute atomic E-state index is 13.2. The quantitative estimate of drug-likeness (QED) is 0.161. The van der Waals surface area contributed by atoms with Gasteiger partial charge in [-0.25, -0.2) is 33.7 Å². The lowest BCUT2D eigenvalue weighted by molar-refractivity contribution is 0.100. The van der Waals surface area contributed by atoms with Gasteiger partial charge in [-0.3, -0.25) is 9.59 Å². The second-order valence-electron chi connectivity index (χ2n) is 13.2. The molecule has 2 aliphatic rings. The van der Waals surface area contributed by atoms with Gasteiger partial charge >= 0.3 is 0 Å². The van der Waals surface area contributed by atoms with Crippen LogP contribution in [-0.2, 0) is 39.3 Å². The van der Waals surface area contributed by atoms with Gasteiger partial charge < -0.3 is 11.5 Å². The Morgan fingerprint density at radius 1 is 0.588 bits per heavy atom. The summed E-state index contributed by atoms with van der Waals surface area (Å²) >= 11 is 5.48. The van der Waals surface area contributed by atoms with E-state index in [0.29, 0.717) is 36.8 Å². The number of rotatable bonds is 8. The van der Waals surface area contributed by atoms with Crippen LogP contribution >= 0.6 is 11.6 Å². The first-order valence-corrected chi connectivity index (χ1v) is 23.8. The molecule has 1 amide bonds. The molecular weight excluding hydrogens is 762 g/mol. The fourth-order valence-corrected chi connectivity index (χ4v) is 13.7. The van der Waals surface area contributed by atoms with Crippen molar-refractivity contribution in [1.82, 2.24) is 0 Å². The highest BCUT2D eigenvalue weighted by Gasteiger charge is 2.35. The maximum atomic E-state index is 13.2. The summed E-state index contributed by atoms with van der Waals surface area (Å²) in [6.07, 6.45) is 11.0. The molecule has 284 valence electrons. The van der Waals surface area contributed by atoms with Crippen molar-refractivity contribution in [2.45, 2.75) is 121 Å². The van der Waals surface area contributed by atoms with Gasteiger partial charge in [-0.1, -0.05) is 51.4 Å². The molecule has 4 rings (SSSR count). The number of carbonyl (C=O) groups excluding carboxylic acids is 2. The lowest BCUT2D eigenvalue weighted by Crippen LogP contribution is -2.25. The number of benzene rings is 2. The monoisotopic (exact) mass is 807 g/mol. The van der Waals surface area contributed by atoms with Gasteiger partial charge in [-0.05, 0) is 86.5 Å². The van der Waals surface area contributed by atoms with E-state index in [9.17, 15) is 43.3 Å². The highest BCUT2D eigenvalue weighted by Crippen LogP contribution is 2.35. The third kappa shape index (κ3) is 10.6. The second-order valence-corrected chi connectivity index (χ2v) is 21.9. The van der Waals surface area contributed by atoms with Crippen LogP contribution in [0.2, 0.25) is 0 Å². The fraction of sp³-hybridized carbons (Fsp3) is 0.545. The molecule has 2 saturated carbocycles. The third-order valence-electron chi connectivity index (χ3n) is 9.15. The van der Waals surface area contributed by atoms with Crippen LogP contribution in [0.3, 0.4) is 0 Å². The first-order valence-electron chi connectivity index (χ1n) is 16.5. The first-order chi connectivity index (χ1) is 23.5. The van der Waals surface area contributed by atoms with E-state index in [2.05, 4.69) is 4.99 Å². The summed E-state index contributed by atoms with van der Waals surface area (Å²) in [6, 6.07) is 4.66. The Labute approximate surface area is 306 Å². The molecule has 13 nitrogen and oxygen atoms in total. The van der Waals surface area contributed by atoms with Crippen molar-refractivity contribution < 1.29 is 43.3 Å². The number of aliphatic imine (C=N–C) groups is 1. The van der Waals surface area contributed by atoms with Crippen molar-refractivity contribution in [2.24, 2.45) is 16.5 Å². The molecule has 0 heterocycles. The van der Waals surface area contributed by atoms with E-state index in [0.717, 1.165) is 76.0 Å². The van der Waals surface area contributed by atoms with Crippen molar-refractivity contribution in [3.8, 4) is 0 Å². The Kier molecular flexibility index (Phi) is 14.1. The van der Waals surface area contributed by atoms with Crippen molar-refractivity contribution in [2.75, 3.05) is 12.5 Å². The number of guanidine groups is 1. The molecule has 0 saturated heterocycles. The number of hydrogen-bond donors (Lipinski definition) is 2. The smallest absolute Gasteiger partial charge is 0.280 e. The van der Waals surface area contributed by atoms with Crippen LogP contribution in [0.1, 0.15) is 109 Å². The lowest BCUT2D eigenvalue weighted by atomic mass is 10.1. The van der Waals surface area contributed by atoms with Crippen molar-refractivity contribution in [1.29, 1.82) is 0 Å². The zero-order chi connectivity index (χ0) is 38.5. The number of aryl methyl sites for hydroxylation is 2. The predicted molar refractivity (Wildman–Crippen MR) is 196 cm³/mol. The number of carbonyl (C=O) groups is 2. The molecule has 2 aromatic carbocycles. The minimum Gasteiger partial charge on any atom is -0.370 e. The molecule has 0 unspecified atom stereocenters. The molecule has 4 N–H and O–H groups in total. The topological polar surface area (TPSA) is 235 Å². The highest BCUT2D eigenvalue weighted by molar-refractivity contribution is 7.95. The van der Waals surface area contributed by atoms with E-state index in [1.165, 1.54) is 19.1 Å². The summed E-state index contributed by atoms with van der Waals surface area (Å²) in [5.74, 6) is -1.29. The molecule has 0 spiro atoms. The average molecular weight is 808 g/mol. The Balaban J connectivity index is 0.000000277. The van der Waals surface area contributed by atoms with Gasteiger partial charge in [-0.15, -0.1) is 0 Å². The van der Waals surface area contributed by atoms with Crippen LogP contribution in [0, 0.1) is 13.8 Å². The SMILES string of the molecule is Cc1cc(S(=O)(=O)C2CCCCCC2)c(S(C)(=O)=O)cc1C(=O)Cl.Cc1cc(S(=O)(=O)C2CCCCCC2)c(S(C)(=O)=O)cc1C(=O)N=C(N)N. The summed E-state index contributed by atoms with van der Waals surface area (Å²) in [6.45, 7) is 3.07. The minimum absolute atomic E-state index is 0.0110. The third-order valence-corrected chi connectivity index (χ3v) is 16.5. The average Bonchev–Trinajstić information content (AvgIpc) is 3.46. The molecule has 0 bridgehead atoms. The largest absolute Gasteiger partial charge is 0.370 e. The predicted octanol–water partition coefficient (Wildman–Crippen LogP) is 4.58. The Bertz CT molecular complexity index is 2130. The van der Waals surface area contributed by atoms with Gasteiger partial charge in [0.05, 0.1) is 30.1 Å². The number of nitrogens with zero attached hydrogens (tertiary/aromatic N) is 1. The molecule has 0 radical (unpaired) electrons. The van der Waals surface area contributed by atoms with Gasteiger partial charge in [0.1, 0.15) is 0 Å². The molecule has 18 heteroatoms. The van der Waals surface area contributed by atoms with Crippen molar-refractivity contribution >= 4 is 68.1 Å². The number of halogens is 1. The fourth-order valence-electron chi connectivity index (χ4n) is 6.43. The molecule has 2 fully saturated rings. The van der Waals surface area contributed by atoms with E-state index in [1.807, 2.05) is 0 Å². The summed E-state index contributed by atoms with van der Waals surface area (Å²) in [5, 5.41) is -2.02. The van der Waals surface area contributed by atoms with Crippen LogP contribution in [0.25, 0.3) is 0 Å². The normalized spacial score (nSPS) is 17.0. The highest BCUT2D eigenvalue weighted by atomic mass is 35.5. The Morgan fingerprint density at radius 3 is 1.24 bits per heavy atom. The maximum Gasteiger partial charge on any atom is 0.280 e. The van der Waals surface area contributed by atoms with E-state index in [4.69, 9.17) is 23.1 Å². The number of sulfone groups is 4. The van der Waals surface area contributed by atoms with Crippen LogP contribution in [0.15, 0.2) is 48.8 Å². The summed E-state index contributed by atoms with van der Waals surface area (Å²) in [5.41, 5.74) is 11.0. The molecule has 2 aliphatic carbocycles. The Hall–Kier alpha value is -2.86. The van der Waals surface area contributed by atoms with Crippen LogP contribution in [0.4, 0.5) is 0 Å². The number of amides is 1. The van der Waals surface area contributed by atoms with E-state index in [-0.39, 0.29) is 25.8 Å². The van der Waals surface area contributed by atoms with Gasteiger partial charge in [0.25, 0.3) is 11.1 Å². The molecule has 2 aromatic rings. The molecular formula is C33H46ClN3O10S4. The molecule has 0 aromatic heterocycles. The van der Waals surface area contributed by atoms with E-state index in [1.54, 1.807) is 6.92 Å². The first kappa shape index (κ1) is 42.6. The molecule has 0 aliphatic heterocycles. The van der Waals surface area contributed by atoms with Gasteiger partial charge in [-0.2, -0.15) is 4.99 Å². The van der Waals surface area contributed by atoms with Crippen molar-refractivity contribution in [3.63, 3.8) is 0 Å². The van der Waals surface area contributed by atoms with Crippen LogP contribution in [-0.4, -0.2) is 73.8 Å².